The van der Waals surface area contributed by atoms with Crippen LogP contribution in [0.25, 0.3) is 0 Å². The normalized spacial score (nSPS) is 13.6. The lowest BCUT2D eigenvalue weighted by atomic mass is 10.0. The van der Waals surface area contributed by atoms with Crippen molar-refractivity contribution in [1.82, 2.24) is 15.6 Å². The summed E-state index contributed by atoms with van der Waals surface area (Å²) in [5.74, 6) is -0.569. The second kappa shape index (κ2) is 8.36. The van der Waals surface area contributed by atoms with Gasteiger partial charge in [0, 0.05) is 19.3 Å². The van der Waals surface area contributed by atoms with Crippen molar-refractivity contribution in [2.75, 3.05) is 6.61 Å². The molecule has 6 heteroatoms. The van der Waals surface area contributed by atoms with E-state index >= 15 is 0 Å². The van der Waals surface area contributed by atoms with Crippen LogP contribution in [0.1, 0.15) is 26.3 Å². The Morgan fingerprint density at radius 1 is 1.24 bits per heavy atom. The molecule has 1 unspecified atom stereocenters. The molecule has 2 amide bonds. The van der Waals surface area contributed by atoms with Crippen LogP contribution in [0.2, 0.25) is 0 Å². The van der Waals surface area contributed by atoms with Gasteiger partial charge >= 0.3 is 0 Å². The highest BCUT2D eigenvalue weighted by Crippen LogP contribution is 2.05. The molecule has 0 radical (unpaired) electrons. The fraction of sp³-hybridized carbons (Fsp3) is 0.533. The summed E-state index contributed by atoms with van der Waals surface area (Å²) in [4.78, 5) is 27.3. The molecule has 2 atom stereocenters. The van der Waals surface area contributed by atoms with Gasteiger partial charge in [-0.05, 0) is 30.0 Å². The summed E-state index contributed by atoms with van der Waals surface area (Å²) >= 11 is 0. The topological polar surface area (TPSA) is 91.3 Å². The van der Waals surface area contributed by atoms with Gasteiger partial charge in [0.1, 0.15) is 6.04 Å². The van der Waals surface area contributed by atoms with Crippen LogP contribution in [0.5, 0.6) is 0 Å². The smallest absolute Gasteiger partial charge is 0.243 e. The van der Waals surface area contributed by atoms with Crippen LogP contribution in [-0.2, 0) is 16.0 Å². The number of carbonyl (C=O) groups excluding carboxylic acids is 2. The monoisotopic (exact) mass is 293 g/mol. The maximum absolute atomic E-state index is 12.2. The van der Waals surface area contributed by atoms with E-state index in [0.717, 1.165) is 5.56 Å². The van der Waals surface area contributed by atoms with Crippen LogP contribution >= 0.6 is 0 Å². The van der Waals surface area contributed by atoms with E-state index in [1.807, 2.05) is 26.0 Å². The number of aromatic nitrogens is 1. The van der Waals surface area contributed by atoms with Gasteiger partial charge in [0.25, 0.3) is 0 Å². The number of amides is 2. The highest BCUT2D eigenvalue weighted by Gasteiger charge is 2.25. The van der Waals surface area contributed by atoms with Gasteiger partial charge in [-0.25, -0.2) is 0 Å². The molecule has 0 spiro atoms. The molecule has 1 rings (SSSR count). The van der Waals surface area contributed by atoms with Crippen molar-refractivity contribution >= 4 is 11.8 Å². The fourth-order valence-corrected chi connectivity index (χ4v) is 2.01. The van der Waals surface area contributed by atoms with Gasteiger partial charge in [-0.3, -0.25) is 14.6 Å². The summed E-state index contributed by atoms with van der Waals surface area (Å²) in [6, 6.07) is 2.68. The Hall–Kier alpha value is -1.95. The average molecular weight is 293 g/mol. The summed E-state index contributed by atoms with van der Waals surface area (Å²) in [5.41, 5.74) is 0.977. The van der Waals surface area contributed by atoms with Crippen molar-refractivity contribution < 1.29 is 14.7 Å². The summed E-state index contributed by atoms with van der Waals surface area (Å²) in [6.07, 6.45) is 3.84. The van der Waals surface area contributed by atoms with Gasteiger partial charge in [-0.1, -0.05) is 13.8 Å². The third-order valence-corrected chi connectivity index (χ3v) is 3.11. The van der Waals surface area contributed by atoms with E-state index in [1.54, 1.807) is 12.4 Å². The molecule has 0 aromatic carbocycles. The number of nitrogens with one attached hydrogen (secondary N) is 2. The fourth-order valence-electron chi connectivity index (χ4n) is 2.01. The van der Waals surface area contributed by atoms with Gasteiger partial charge in [0.05, 0.1) is 12.6 Å². The summed E-state index contributed by atoms with van der Waals surface area (Å²) in [7, 11) is 0. The molecule has 3 N–H and O–H groups in total. The standard InChI is InChI=1S/C15H23N3O3/c1-10(2)14(17-11(3)20)15(21)18-13(9-19)8-12-4-6-16-7-5-12/h4-7,10,13-14,19H,8-9H2,1-3H3,(H,17,20)(H,18,21)/t13?,14-/m1/s1. The first-order chi connectivity index (χ1) is 9.93. The Bertz CT molecular complexity index is 462. The first-order valence-electron chi connectivity index (χ1n) is 7.01. The lowest BCUT2D eigenvalue weighted by Crippen LogP contribution is -2.52. The van der Waals surface area contributed by atoms with Crippen molar-refractivity contribution in [2.45, 2.75) is 39.3 Å². The number of hydrogen-bond acceptors (Lipinski definition) is 4. The second-order valence-corrected chi connectivity index (χ2v) is 5.37. The van der Waals surface area contributed by atoms with E-state index in [4.69, 9.17) is 0 Å². The second-order valence-electron chi connectivity index (χ2n) is 5.37. The molecule has 0 saturated carbocycles. The highest BCUT2D eigenvalue weighted by molar-refractivity contribution is 5.87. The van der Waals surface area contributed by atoms with Gasteiger partial charge in [0.2, 0.25) is 11.8 Å². The number of aliphatic hydroxyl groups is 1. The van der Waals surface area contributed by atoms with Crippen molar-refractivity contribution in [3.63, 3.8) is 0 Å². The molecule has 0 fully saturated rings. The van der Waals surface area contributed by atoms with Crippen molar-refractivity contribution in [2.24, 2.45) is 5.92 Å². The molecular formula is C15H23N3O3. The van der Waals surface area contributed by atoms with E-state index in [9.17, 15) is 14.7 Å². The summed E-state index contributed by atoms with van der Waals surface area (Å²) in [6.45, 7) is 4.93. The van der Waals surface area contributed by atoms with Crippen LogP contribution < -0.4 is 10.6 Å². The van der Waals surface area contributed by atoms with E-state index in [2.05, 4.69) is 15.6 Å². The predicted octanol–water partition coefficient (Wildman–Crippen LogP) is 0.262. The zero-order valence-electron chi connectivity index (χ0n) is 12.7. The van der Waals surface area contributed by atoms with Gasteiger partial charge in [-0.2, -0.15) is 0 Å². The molecular weight excluding hydrogens is 270 g/mol. The van der Waals surface area contributed by atoms with Crippen LogP contribution in [-0.4, -0.2) is 40.6 Å². The van der Waals surface area contributed by atoms with Crippen LogP contribution in [0.4, 0.5) is 0 Å². The molecule has 0 saturated heterocycles. The lowest BCUT2D eigenvalue weighted by Gasteiger charge is -2.24. The Morgan fingerprint density at radius 3 is 2.33 bits per heavy atom. The Kier molecular flexibility index (Phi) is 6.81. The first-order valence-corrected chi connectivity index (χ1v) is 7.01. The van der Waals surface area contributed by atoms with Crippen molar-refractivity contribution in [3.05, 3.63) is 30.1 Å². The minimum Gasteiger partial charge on any atom is -0.394 e. The van der Waals surface area contributed by atoms with Gasteiger partial charge < -0.3 is 15.7 Å². The van der Waals surface area contributed by atoms with Crippen molar-refractivity contribution in [3.8, 4) is 0 Å². The molecule has 0 bridgehead atoms. The molecule has 1 aromatic heterocycles. The SMILES string of the molecule is CC(=O)N[C@@H](C(=O)NC(CO)Cc1ccncc1)C(C)C. The molecule has 0 aliphatic carbocycles. The minimum absolute atomic E-state index is 0.0332. The van der Waals surface area contributed by atoms with E-state index in [1.165, 1.54) is 6.92 Å². The molecule has 116 valence electrons. The first kappa shape index (κ1) is 17.1. The van der Waals surface area contributed by atoms with E-state index in [-0.39, 0.29) is 24.3 Å². The zero-order chi connectivity index (χ0) is 15.8. The average Bonchev–Trinajstić information content (AvgIpc) is 2.44. The third-order valence-electron chi connectivity index (χ3n) is 3.11. The van der Waals surface area contributed by atoms with Crippen LogP contribution in [0, 0.1) is 5.92 Å². The van der Waals surface area contributed by atoms with Gasteiger partial charge in [0.15, 0.2) is 0 Å². The maximum Gasteiger partial charge on any atom is 0.243 e. The molecule has 0 aliphatic heterocycles. The Morgan fingerprint density at radius 2 is 1.86 bits per heavy atom. The highest BCUT2D eigenvalue weighted by atomic mass is 16.3. The molecule has 1 heterocycles. The number of hydrogen-bond donors (Lipinski definition) is 3. The van der Waals surface area contributed by atoms with E-state index in [0.29, 0.717) is 6.42 Å². The minimum atomic E-state index is -0.603. The Balaban J connectivity index is 2.66. The van der Waals surface area contributed by atoms with Gasteiger partial charge in [-0.15, -0.1) is 0 Å². The number of aliphatic hydroxyl groups excluding tert-OH is 1. The summed E-state index contributed by atoms with van der Waals surface area (Å²) < 4.78 is 0. The molecule has 0 aliphatic rings. The number of pyridine rings is 1. The molecule has 21 heavy (non-hydrogen) atoms. The molecule has 1 aromatic rings. The van der Waals surface area contributed by atoms with Crippen LogP contribution in [0.15, 0.2) is 24.5 Å². The Labute approximate surface area is 125 Å². The number of nitrogens with zero attached hydrogens (tertiary/aromatic N) is 1. The number of carbonyl (C=O) groups is 2. The number of rotatable bonds is 7. The largest absolute Gasteiger partial charge is 0.394 e. The molecule has 6 nitrogen and oxygen atoms in total. The zero-order valence-corrected chi connectivity index (χ0v) is 12.7. The van der Waals surface area contributed by atoms with E-state index < -0.39 is 12.1 Å². The van der Waals surface area contributed by atoms with Crippen LogP contribution in [0.3, 0.4) is 0 Å². The third kappa shape index (κ3) is 5.91. The lowest BCUT2D eigenvalue weighted by molar-refractivity contribution is -0.129. The predicted molar refractivity (Wildman–Crippen MR) is 79.4 cm³/mol. The summed E-state index contributed by atoms with van der Waals surface area (Å²) in [5, 5.41) is 14.8. The maximum atomic E-state index is 12.2. The van der Waals surface area contributed by atoms with Crippen molar-refractivity contribution in [1.29, 1.82) is 0 Å². The quantitative estimate of drug-likeness (QED) is 0.672.